The molecule has 28 heavy (non-hydrogen) atoms. The number of ketones is 1. The topological polar surface area (TPSA) is 93.2 Å². The zero-order valence-electron chi connectivity index (χ0n) is 15.1. The van der Waals surface area contributed by atoms with Crippen molar-refractivity contribution in [2.45, 2.75) is 18.2 Å². The summed E-state index contributed by atoms with van der Waals surface area (Å²) in [5.41, 5.74) is 1.28. The third-order valence-electron chi connectivity index (χ3n) is 3.94. The number of sulfone groups is 1. The number of hydrogen-bond donors (Lipinski definition) is 1. The molecule has 0 spiro atoms. The van der Waals surface area contributed by atoms with E-state index in [1.807, 2.05) is 30.3 Å². The Labute approximate surface area is 167 Å². The summed E-state index contributed by atoms with van der Waals surface area (Å²) in [5, 5.41) is 2.87. The molecule has 0 aliphatic rings. The van der Waals surface area contributed by atoms with Crippen molar-refractivity contribution >= 4 is 38.0 Å². The van der Waals surface area contributed by atoms with Crippen LogP contribution in [-0.4, -0.2) is 30.8 Å². The first-order valence-electron chi connectivity index (χ1n) is 8.51. The van der Waals surface area contributed by atoms with Gasteiger partial charge in [0.1, 0.15) is 0 Å². The fourth-order valence-electron chi connectivity index (χ4n) is 2.56. The normalized spacial score (nSPS) is 11.2. The van der Waals surface area contributed by atoms with Crippen LogP contribution in [0, 0.1) is 0 Å². The van der Waals surface area contributed by atoms with Crippen LogP contribution < -0.4 is 5.32 Å². The molecule has 1 aromatic heterocycles. The largest absolute Gasteiger partial charge is 0.302 e. The highest BCUT2D eigenvalue weighted by atomic mass is 32.2. The minimum absolute atomic E-state index is 0.150. The minimum Gasteiger partial charge on any atom is -0.302 e. The maximum atomic E-state index is 12.3. The number of carbonyl (C=O) groups is 2. The van der Waals surface area contributed by atoms with Gasteiger partial charge in [0, 0.05) is 18.9 Å². The Hall–Kier alpha value is -2.84. The molecule has 1 heterocycles. The van der Waals surface area contributed by atoms with Gasteiger partial charge in [-0.25, -0.2) is 13.4 Å². The fraction of sp³-hybridized carbons (Fsp3) is 0.150. The number of amides is 1. The lowest BCUT2D eigenvalue weighted by molar-refractivity contribution is -0.115. The predicted octanol–water partition coefficient (Wildman–Crippen LogP) is 3.82. The molecule has 1 N–H and O–H groups in total. The van der Waals surface area contributed by atoms with Gasteiger partial charge < -0.3 is 5.32 Å². The van der Waals surface area contributed by atoms with E-state index in [0.29, 0.717) is 10.6 Å². The van der Waals surface area contributed by atoms with Crippen LogP contribution in [0.4, 0.5) is 5.13 Å². The number of hydrogen-bond acceptors (Lipinski definition) is 6. The van der Waals surface area contributed by atoms with Gasteiger partial charge in [-0.3, -0.25) is 9.59 Å². The summed E-state index contributed by atoms with van der Waals surface area (Å²) in [6.07, 6.45) is -0.202. The maximum absolute atomic E-state index is 12.3. The first kappa shape index (κ1) is 19.9. The first-order chi connectivity index (χ1) is 13.4. The predicted molar refractivity (Wildman–Crippen MR) is 109 cm³/mol. The van der Waals surface area contributed by atoms with Crippen LogP contribution in [0.25, 0.3) is 11.3 Å². The molecular formula is C20H18N2O4S2. The molecular weight excluding hydrogens is 396 g/mol. The van der Waals surface area contributed by atoms with Crippen LogP contribution in [0.2, 0.25) is 0 Å². The summed E-state index contributed by atoms with van der Waals surface area (Å²) in [4.78, 5) is 29.1. The van der Waals surface area contributed by atoms with Gasteiger partial charge in [0.05, 0.1) is 21.2 Å². The number of benzene rings is 2. The smallest absolute Gasteiger partial charge is 0.227 e. The summed E-state index contributed by atoms with van der Waals surface area (Å²) in [7, 11) is -3.54. The molecule has 0 fully saturated rings. The van der Waals surface area contributed by atoms with Crippen molar-refractivity contribution in [1.29, 1.82) is 0 Å². The summed E-state index contributed by atoms with van der Waals surface area (Å²) >= 11 is 1.08. The number of aromatic nitrogens is 1. The average Bonchev–Trinajstić information content (AvgIpc) is 3.12. The molecule has 144 valence electrons. The number of nitrogens with zero attached hydrogens (tertiary/aromatic N) is 1. The van der Waals surface area contributed by atoms with Crippen molar-refractivity contribution in [3.63, 3.8) is 0 Å². The highest BCUT2D eigenvalue weighted by Gasteiger charge is 2.20. The Morgan fingerprint density at radius 1 is 1.00 bits per heavy atom. The standard InChI is InChI=1S/C20H18N2O4S2/c1-14(23)19-18(15-8-4-2-5-9-15)22-20(27-19)21-17(24)12-13-28(25,26)16-10-6-3-7-11-16/h2-11H,12-13H2,1H3,(H,21,22,24). The van der Waals surface area contributed by atoms with Gasteiger partial charge in [-0.2, -0.15) is 0 Å². The van der Waals surface area contributed by atoms with E-state index in [4.69, 9.17) is 0 Å². The Bertz CT molecular complexity index is 1090. The van der Waals surface area contributed by atoms with E-state index in [1.165, 1.54) is 19.1 Å². The van der Waals surface area contributed by atoms with E-state index < -0.39 is 15.7 Å². The molecule has 3 rings (SSSR count). The van der Waals surface area contributed by atoms with Gasteiger partial charge in [0.15, 0.2) is 20.8 Å². The Morgan fingerprint density at radius 2 is 1.61 bits per heavy atom. The van der Waals surface area contributed by atoms with Crippen LogP contribution in [-0.2, 0) is 14.6 Å². The molecule has 0 saturated heterocycles. The summed E-state index contributed by atoms with van der Waals surface area (Å²) in [6.45, 7) is 1.44. The van der Waals surface area contributed by atoms with Gasteiger partial charge in [0.25, 0.3) is 0 Å². The molecule has 3 aromatic rings. The van der Waals surface area contributed by atoms with Crippen LogP contribution in [0.1, 0.15) is 23.0 Å². The van der Waals surface area contributed by atoms with E-state index in [0.717, 1.165) is 16.9 Å². The molecule has 0 unspecified atom stereocenters. The lowest BCUT2D eigenvalue weighted by Gasteiger charge is -2.04. The highest BCUT2D eigenvalue weighted by Crippen LogP contribution is 2.31. The molecule has 0 aliphatic carbocycles. The summed E-state index contributed by atoms with van der Waals surface area (Å²) in [6, 6.07) is 17.2. The van der Waals surface area contributed by atoms with Crippen molar-refractivity contribution in [3.8, 4) is 11.3 Å². The molecule has 0 atom stereocenters. The van der Waals surface area contributed by atoms with Gasteiger partial charge >= 0.3 is 0 Å². The maximum Gasteiger partial charge on any atom is 0.227 e. The number of anilines is 1. The Balaban J connectivity index is 1.72. The van der Waals surface area contributed by atoms with Gasteiger partial charge in [-0.1, -0.05) is 59.9 Å². The second-order valence-electron chi connectivity index (χ2n) is 6.05. The second kappa shape index (κ2) is 8.45. The van der Waals surface area contributed by atoms with Crippen LogP contribution >= 0.6 is 11.3 Å². The molecule has 6 nitrogen and oxygen atoms in total. The van der Waals surface area contributed by atoms with Crippen molar-refractivity contribution in [3.05, 3.63) is 65.5 Å². The molecule has 1 amide bonds. The zero-order chi connectivity index (χ0) is 20.1. The van der Waals surface area contributed by atoms with E-state index in [-0.39, 0.29) is 28.0 Å². The Morgan fingerprint density at radius 3 is 2.21 bits per heavy atom. The van der Waals surface area contributed by atoms with Crippen LogP contribution in [0.3, 0.4) is 0 Å². The Kier molecular flexibility index (Phi) is 6.01. The van der Waals surface area contributed by atoms with Crippen molar-refractivity contribution in [2.24, 2.45) is 0 Å². The number of rotatable bonds is 7. The minimum atomic E-state index is -3.54. The monoisotopic (exact) mass is 414 g/mol. The summed E-state index contributed by atoms with van der Waals surface area (Å²) in [5.74, 6) is -0.925. The van der Waals surface area contributed by atoms with E-state index >= 15 is 0 Å². The van der Waals surface area contributed by atoms with Crippen molar-refractivity contribution < 1.29 is 18.0 Å². The third kappa shape index (κ3) is 4.71. The van der Waals surface area contributed by atoms with E-state index in [9.17, 15) is 18.0 Å². The highest BCUT2D eigenvalue weighted by molar-refractivity contribution is 7.91. The number of carbonyl (C=O) groups excluding carboxylic acids is 2. The van der Waals surface area contributed by atoms with Gasteiger partial charge in [-0.15, -0.1) is 0 Å². The molecule has 0 aliphatic heterocycles. The summed E-state index contributed by atoms with van der Waals surface area (Å²) < 4.78 is 24.6. The SMILES string of the molecule is CC(=O)c1sc(NC(=O)CCS(=O)(=O)c2ccccc2)nc1-c1ccccc1. The lowest BCUT2D eigenvalue weighted by Crippen LogP contribution is -2.17. The van der Waals surface area contributed by atoms with Crippen molar-refractivity contribution in [1.82, 2.24) is 4.98 Å². The van der Waals surface area contributed by atoms with E-state index in [2.05, 4.69) is 10.3 Å². The molecule has 0 bridgehead atoms. The number of Topliss-reactive ketones (excluding diaryl/α,β-unsaturated/α-hetero) is 1. The third-order valence-corrected chi connectivity index (χ3v) is 6.74. The molecule has 0 radical (unpaired) electrons. The quantitative estimate of drug-likeness (QED) is 0.593. The zero-order valence-corrected chi connectivity index (χ0v) is 16.7. The van der Waals surface area contributed by atoms with Gasteiger partial charge in [-0.05, 0) is 12.1 Å². The number of nitrogens with one attached hydrogen (secondary N) is 1. The fourth-order valence-corrected chi connectivity index (χ4v) is 4.72. The number of thiazole rings is 1. The van der Waals surface area contributed by atoms with Gasteiger partial charge in [0.2, 0.25) is 5.91 Å². The average molecular weight is 415 g/mol. The molecule has 0 saturated carbocycles. The van der Waals surface area contributed by atoms with Crippen LogP contribution in [0.5, 0.6) is 0 Å². The van der Waals surface area contributed by atoms with E-state index in [1.54, 1.807) is 18.2 Å². The first-order valence-corrected chi connectivity index (χ1v) is 11.0. The molecule has 2 aromatic carbocycles. The molecule has 8 heteroatoms. The van der Waals surface area contributed by atoms with Crippen molar-refractivity contribution in [2.75, 3.05) is 11.1 Å². The lowest BCUT2D eigenvalue weighted by atomic mass is 10.1. The second-order valence-corrected chi connectivity index (χ2v) is 9.16. The van der Waals surface area contributed by atoms with Crippen LogP contribution in [0.15, 0.2) is 65.6 Å².